The Kier molecular flexibility index (Phi) is 6.14. The van der Waals surface area contributed by atoms with Gasteiger partial charge in [0.1, 0.15) is 11.4 Å². The van der Waals surface area contributed by atoms with Crippen LogP contribution in [0.15, 0.2) is 72.5 Å². The smallest absolute Gasteiger partial charge is 0.335 e. The van der Waals surface area contributed by atoms with Gasteiger partial charge in [-0.1, -0.05) is 60.7 Å². The Hall–Kier alpha value is -3.08. The van der Waals surface area contributed by atoms with Gasteiger partial charge in [0, 0.05) is 26.4 Å². The Morgan fingerprint density at radius 1 is 1.11 bits per heavy atom. The van der Waals surface area contributed by atoms with Crippen molar-refractivity contribution in [1.29, 1.82) is 0 Å². The van der Waals surface area contributed by atoms with Crippen LogP contribution in [0.5, 0.6) is 0 Å². The van der Waals surface area contributed by atoms with E-state index in [1.807, 2.05) is 60.7 Å². The number of aliphatic hydroxyl groups excluding tert-OH is 1. The van der Waals surface area contributed by atoms with E-state index in [2.05, 4.69) is 0 Å². The monoisotopic (exact) mass is 379 g/mol. The molecule has 1 aliphatic rings. The quantitative estimate of drug-likeness (QED) is 0.736. The number of aliphatic hydroxyl groups is 1. The summed E-state index contributed by atoms with van der Waals surface area (Å²) in [6.07, 6.45) is 2.69. The number of rotatable bonds is 7. The summed E-state index contributed by atoms with van der Waals surface area (Å²) < 4.78 is 5.67. The zero-order valence-corrected chi connectivity index (χ0v) is 16.0. The average molecular weight is 379 g/mol. The third-order valence-electron chi connectivity index (χ3n) is 5.01. The van der Waals surface area contributed by atoms with Crippen molar-refractivity contribution in [3.05, 3.63) is 83.6 Å². The van der Waals surface area contributed by atoms with Crippen LogP contribution in [0.1, 0.15) is 36.8 Å². The van der Waals surface area contributed by atoms with E-state index >= 15 is 0 Å². The van der Waals surface area contributed by atoms with Crippen molar-refractivity contribution in [3.8, 4) is 0 Å². The minimum Gasteiger partial charge on any atom is -0.512 e. The Morgan fingerprint density at radius 3 is 2.39 bits per heavy atom. The molecule has 1 unspecified atom stereocenters. The molecule has 5 nitrogen and oxygen atoms in total. The molecule has 0 bridgehead atoms. The largest absolute Gasteiger partial charge is 0.512 e. The number of carbonyl (C=O) groups excluding carboxylic acids is 2. The maximum atomic E-state index is 12.5. The Labute approximate surface area is 165 Å². The number of amides is 1. The van der Waals surface area contributed by atoms with Gasteiger partial charge in [0.25, 0.3) is 0 Å². The molecule has 1 aliphatic heterocycles. The lowest BCUT2D eigenvalue weighted by molar-refractivity contribution is -0.159. The van der Waals surface area contributed by atoms with E-state index in [1.165, 1.54) is 0 Å². The van der Waals surface area contributed by atoms with Crippen LogP contribution in [0.25, 0.3) is 0 Å². The van der Waals surface area contributed by atoms with Crippen LogP contribution in [-0.2, 0) is 26.5 Å². The highest BCUT2D eigenvalue weighted by Crippen LogP contribution is 2.39. The van der Waals surface area contributed by atoms with E-state index in [9.17, 15) is 14.7 Å². The second-order valence-electron chi connectivity index (χ2n) is 7.18. The van der Waals surface area contributed by atoms with Crippen molar-refractivity contribution in [3.63, 3.8) is 0 Å². The lowest BCUT2D eigenvalue weighted by Crippen LogP contribution is -2.36. The molecule has 0 spiro atoms. The highest BCUT2D eigenvalue weighted by molar-refractivity contribution is 5.84. The molecule has 0 fully saturated rings. The first-order valence-corrected chi connectivity index (χ1v) is 9.44. The number of ether oxygens (including phenoxy) is 1. The maximum absolute atomic E-state index is 12.5. The van der Waals surface area contributed by atoms with Gasteiger partial charge in [0.2, 0.25) is 5.91 Å². The van der Waals surface area contributed by atoms with E-state index in [0.717, 1.165) is 17.2 Å². The van der Waals surface area contributed by atoms with Gasteiger partial charge in [-0.25, -0.2) is 4.79 Å². The minimum atomic E-state index is -0.935. The highest BCUT2D eigenvalue weighted by atomic mass is 16.6. The van der Waals surface area contributed by atoms with Crippen LogP contribution < -0.4 is 0 Å². The van der Waals surface area contributed by atoms with Gasteiger partial charge in [-0.15, -0.1) is 0 Å². The summed E-state index contributed by atoms with van der Waals surface area (Å²) in [7, 11) is 1.79. The van der Waals surface area contributed by atoms with Crippen LogP contribution in [0.4, 0.5) is 0 Å². The number of benzene rings is 2. The fraction of sp³-hybridized carbons (Fsp3) is 0.304. The summed E-state index contributed by atoms with van der Waals surface area (Å²) in [6.45, 7) is 0.558. The molecule has 146 valence electrons. The molecule has 2 aromatic rings. The molecular weight excluding hydrogens is 354 g/mol. The van der Waals surface area contributed by atoms with E-state index in [-0.39, 0.29) is 18.1 Å². The number of esters is 1. The number of hydrogen-bond acceptors (Lipinski definition) is 4. The first kappa shape index (κ1) is 19.7. The molecule has 1 amide bonds. The third-order valence-corrected chi connectivity index (χ3v) is 5.01. The fourth-order valence-corrected chi connectivity index (χ4v) is 3.59. The van der Waals surface area contributed by atoms with Crippen molar-refractivity contribution in [2.45, 2.75) is 37.8 Å². The summed E-state index contributed by atoms with van der Waals surface area (Å²) in [5.74, 6) is -0.512. The van der Waals surface area contributed by atoms with Gasteiger partial charge >= 0.3 is 5.97 Å². The molecule has 3 rings (SSSR count). The Morgan fingerprint density at radius 2 is 1.75 bits per heavy atom. The number of carbonyl (C=O) groups is 2. The molecule has 0 radical (unpaired) electrons. The SMILES string of the molecule is CN(Cc1ccccc1)C(=O)CCCC1(c2ccccc2)CC(O)=CC(=O)O1. The summed E-state index contributed by atoms with van der Waals surface area (Å²) in [5.41, 5.74) is 0.971. The molecule has 1 N–H and O–H groups in total. The molecule has 5 heteroatoms. The molecule has 28 heavy (non-hydrogen) atoms. The number of cyclic esters (lactones) is 1. The summed E-state index contributed by atoms with van der Waals surface area (Å²) in [6, 6.07) is 19.2. The zero-order chi connectivity index (χ0) is 20.0. The van der Waals surface area contributed by atoms with Crippen LogP contribution in [0, 0.1) is 0 Å². The summed E-state index contributed by atoms with van der Waals surface area (Å²) >= 11 is 0. The first-order valence-electron chi connectivity index (χ1n) is 9.44. The third kappa shape index (κ3) is 4.80. The zero-order valence-electron chi connectivity index (χ0n) is 16.0. The molecule has 1 atom stereocenters. The molecular formula is C23H25NO4. The fourth-order valence-electron chi connectivity index (χ4n) is 3.59. The van der Waals surface area contributed by atoms with Gasteiger partial charge in [-0.05, 0) is 24.0 Å². The molecule has 0 aliphatic carbocycles. The average Bonchev–Trinajstić information content (AvgIpc) is 2.68. The second kappa shape index (κ2) is 8.74. The minimum absolute atomic E-state index is 0.00706. The van der Waals surface area contributed by atoms with E-state index < -0.39 is 11.6 Å². The van der Waals surface area contributed by atoms with Gasteiger partial charge in [0.05, 0.1) is 6.08 Å². The van der Waals surface area contributed by atoms with E-state index in [4.69, 9.17) is 4.74 Å². The topological polar surface area (TPSA) is 66.8 Å². The van der Waals surface area contributed by atoms with Crippen molar-refractivity contribution >= 4 is 11.9 Å². The van der Waals surface area contributed by atoms with Crippen molar-refractivity contribution in [1.82, 2.24) is 4.90 Å². The van der Waals surface area contributed by atoms with Crippen LogP contribution in [0.2, 0.25) is 0 Å². The van der Waals surface area contributed by atoms with Crippen LogP contribution in [0.3, 0.4) is 0 Å². The van der Waals surface area contributed by atoms with Crippen molar-refractivity contribution < 1.29 is 19.4 Å². The second-order valence-corrected chi connectivity index (χ2v) is 7.18. The molecule has 0 saturated heterocycles. The van der Waals surface area contributed by atoms with Gasteiger partial charge in [-0.2, -0.15) is 0 Å². The number of nitrogens with zero attached hydrogens (tertiary/aromatic N) is 1. The van der Waals surface area contributed by atoms with Crippen LogP contribution >= 0.6 is 0 Å². The maximum Gasteiger partial charge on any atom is 0.335 e. The summed E-state index contributed by atoms with van der Waals surface area (Å²) in [4.78, 5) is 26.2. The van der Waals surface area contributed by atoms with E-state index in [1.54, 1.807) is 11.9 Å². The van der Waals surface area contributed by atoms with Gasteiger partial charge < -0.3 is 14.7 Å². The molecule has 0 aromatic heterocycles. The molecule has 1 heterocycles. The van der Waals surface area contributed by atoms with Crippen molar-refractivity contribution in [2.24, 2.45) is 0 Å². The van der Waals surface area contributed by atoms with Crippen LogP contribution in [-0.4, -0.2) is 28.9 Å². The standard InChI is InChI=1S/C23H25NO4/c1-24(17-18-9-4-2-5-10-18)21(26)13-8-14-23(19-11-6-3-7-12-19)16-20(25)15-22(27)28-23/h2-7,9-12,15,25H,8,13-14,16-17H2,1H3. The summed E-state index contributed by atoms with van der Waals surface area (Å²) in [5, 5.41) is 10.0. The Bertz CT molecular complexity index is 847. The lowest BCUT2D eigenvalue weighted by Gasteiger charge is -2.36. The van der Waals surface area contributed by atoms with Crippen molar-refractivity contribution in [2.75, 3.05) is 7.05 Å². The Balaban J connectivity index is 1.64. The van der Waals surface area contributed by atoms with E-state index in [0.29, 0.717) is 25.8 Å². The first-order chi connectivity index (χ1) is 13.5. The van der Waals surface area contributed by atoms with Gasteiger partial charge in [-0.3, -0.25) is 4.79 Å². The lowest BCUT2D eigenvalue weighted by atomic mass is 9.83. The predicted molar refractivity (Wildman–Crippen MR) is 106 cm³/mol. The molecule has 0 saturated carbocycles. The highest BCUT2D eigenvalue weighted by Gasteiger charge is 2.39. The number of hydrogen-bond donors (Lipinski definition) is 1. The predicted octanol–water partition coefficient (Wildman–Crippen LogP) is 4.10. The molecule has 2 aromatic carbocycles. The van der Waals surface area contributed by atoms with Gasteiger partial charge in [0.15, 0.2) is 0 Å². The normalized spacial score (nSPS) is 18.9.